The van der Waals surface area contributed by atoms with Crippen LogP contribution < -0.4 is 0 Å². The molecule has 136 valence electrons. The van der Waals surface area contributed by atoms with Gasteiger partial charge in [-0.1, -0.05) is 26.8 Å². The second-order valence-corrected chi connectivity index (χ2v) is 12.6. The van der Waals surface area contributed by atoms with Gasteiger partial charge in [-0.05, 0) is 37.6 Å². The third kappa shape index (κ3) is 5.07. The van der Waals surface area contributed by atoms with Gasteiger partial charge in [-0.25, -0.2) is 0 Å². The molecule has 0 fully saturated rings. The predicted octanol–water partition coefficient (Wildman–Crippen LogP) is 4.63. The van der Waals surface area contributed by atoms with Crippen molar-refractivity contribution >= 4 is 20.1 Å². The van der Waals surface area contributed by atoms with Gasteiger partial charge in [-0.3, -0.25) is 9.59 Å². The van der Waals surface area contributed by atoms with Crippen molar-refractivity contribution in [3.05, 3.63) is 24.5 Å². The Bertz CT molecular complexity index is 514. The average molecular weight is 353 g/mol. The lowest BCUT2D eigenvalue weighted by molar-refractivity contribution is -0.147. The van der Waals surface area contributed by atoms with Crippen molar-refractivity contribution in [3.63, 3.8) is 0 Å². The predicted molar refractivity (Wildman–Crippen MR) is 99.0 cm³/mol. The lowest BCUT2D eigenvalue weighted by Crippen LogP contribution is -2.43. The second-order valence-electron chi connectivity index (χ2n) is 7.89. The molecule has 0 aromatic carbocycles. The number of hydrogen-bond donors (Lipinski definition) is 0. The maximum atomic E-state index is 12.4. The zero-order valence-electron chi connectivity index (χ0n) is 16.0. The molecule has 5 heteroatoms. The summed E-state index contributed by atoms with van der Waals surface area (Å²) in [5.74, 6) is 0.112. The van der Waals surface area contributed by atoms with E-state index in [-0.39, 0.29) is 35.0 Å². The Kier molecular flexibility index (Phi) is 7.02. The zero-order chi connectivity index (χ0) is 18.5. The SMILES string of the molecule is C=CC[C@H]1C(O[Si](C)(C)C(C)(C)C)=CCC(=O)[C@@H]1CC(=O)OCC. The summed E-state index contributed by atoms with van der Waals surface area (Å²) in [6.45, 7) is 16.9. The van der Waals surface area contributed by atoms with E-state index in [1.807, 2.05) is 6.08 Å². The number of hydrogen-bond acceptors (Lipinski definition) is 4. The monoisotopic (exact) mass is 352 g/mol. The van der Waals surface area contributed by atoms with Gasteiger partial charge in [0, 0.05) is 18.3 Å². The molecule has 1 aliphatic carbocycles. The van der Waals surface area contributed by atoms with Crippen LogP contribution in [0, 0.1) is 11.8 Å². The standard InChI is InChI=1S/C19H32O4Si/c1-8-10-14-15(13-18(21)22-9-2)16(20)11-12-17(14)23-24(6,7)19(3,4)5/h8,12,14-15H,1,9-11,13H2,2-7H3/t14-,15-/m1/s1. The van der Waals surface area contributed by atoms with Crippen molar-refractivity contribution in [2.45, 2.75) is 65.1 Å². The van der Waals surface area contributed by atoms with E-state index in [2.05, 4.69) is 40.4 Å². The minimum atomic E-state index is -2.00. The first-order valence-electron chi connectivity index (χ1n) is 8.71. The Hall–Kier alpha value is -1.36. The van der Waals surface area contributed by atoms with Gasteiger partial charge in [0.25, 0.3) is 0 Å². The molecule has 0 spiro atoms. The summed E-state index contributed by atoms with van der Waals surface area (Å²) in [6, 6.07) is 0. The number of ketones is 1. The number of Topliss-reactive ketones (excluding diaryl/α,β-unsaturated/α-hetero) is 1. The first kappa shape index (κ1) is 20.7. The number of rotatable bonds is 7. The lowest BCUT2D eigenvalue weighted by Gasteiger charge is -2.41. The summed E-state index contributed by atoms with van der Waals surface area (Å²) >= 11 is 0. The number of esters is 1. The lowest BCUT2D eigenvalue weighted by atomic mass is 9.78. The van der Waals surface area contributed by atoms with Crippen LogP contribution in [-0.2, 0) is 18.8 Å². The molecule has 0 saturated carbocycles. The molecule has 0 radical (unpaired) electrons. The van der Waals surface area contributed by atoms with Gasteiger partial charge >= 0.3 is 5.97 Å². The van der Waals surface area contributed by atoms with Gasteiger partial charge < -0.3 is 9.16 Å². The number of carbonyl (C=O) groups is 2. The second kappa shape index (κ2) is 8.14. The Balaban J connectivity index is 3.05. The molecule has 4 nitrogen and oxygen atoms in total. The van der Waals surface area contributed by atoms with E-state index >= 15 is 0 Å². The maximum absolute atomic E-state index is 12.4. The Morgan fingerprint density at radius 1 is 1.38 bits per heavy atom. The van der Waals surface area contributed by atoms with Crippen LogP contribution in [0.2, 0.25) is 18.1 Å². The van der Waals surface area contributed by atoms with Crippen LogP contribution in [0.15, 0.2) is 24.5 Å². The molecule has 0 amide bonds. The van der Waals surface area contributed by atoms with E-state index in [0.29, 0.717) is 19.4 Å². The van der Waals surface area contributed by atoms with Gasteiger partial charge in [0.1, 0.15) is 5.78 Å². The molecular formula is C19H32O4Si. The largest absolute Gasteiger partial charge is 0.546 e. The van der Waals surface area contributed by atoms with Crippen molar-refractivity contribution < 1.29 is 18.8 Å². The summed E-state index contributed by atoms with van der Waals surface area (Å²) in [7, 11) is -2.00. The van der Waals surface area contributed by atoms with Gasteiger partial charge in [0.05, 0.1) is 18.8 Å². The average Bonchev–Trinajstić information content (AvgIpc) is 2.44. The molecule has 24 heavy (non-hydrogen) atoms. The molecule has 0 saturated heterocycles. The summed E-state index contributed by atoms with van der Waals surface area (Å²) in [6.07, 6.45) is 4.75. The normalized spacial score (nSPS) is 21.9. The topological polar surface area (TPSA) is 52.6 Å². The van der Waals surface area contributed by atoms with Crippen LogP contribution in [0.25, 0.3) is 0 Å². The Morgan fingerprint density at radius 2 is 2.00 bits per heavy atom. The minimum absolute atomic E-state index is 0.0741. The van der Waals surface area contributed by atoms with E-state index in [0.717, 1.165) is 5.76 Å². The fourth-order valence-electron chi connectivity index (χ4n) is 2.61. The Labute approximate surface area is 147 Å². The molecule has 0 heterocycles. The number of ether oxygens (including phenoxy) is 1. The van der Waals surface area contributed by atoms with Crippen molar-refractivity contribution in [2.75, 3.05) is 6.61 Å². The molecule has 0 aromatic rings. The van der Waals surface area contributed by atoms with E-state index in [1.54, 1.807) is 13.0 Å². The van der Waals surface area contributed by atoms with Gasteiger partial charge in [0.15, 0.2) is 0 Å². The van der Waals surface area contributed by atoms with Crippen molar-refractivity contribution in [1.29, 1.82) is 0 Å². The molecule has 2 atom stereocenters. The summed E-state index contributed by atoms with van der Waals surface area (Å²) in [4.78, 5) is 24.3. The van der Waals surface area contributed by atoms with E-state index in [9.17, 15) is 9.59 Å². The van der Waals surface area contributed by atoms with Crippen LogP contribution in [0.1, 0.15) is 47.0 Å². The summed E-state index contributed by atoms with van der Waals surface area (Å²) < 4.78 is 11.5. The van der Waals surface area contributed by atoms with Crippen LogP contribution in [-0.4, -0.2) is 26.7 Å². The molecule has 0 bridgehead atoms. The quantitative estimate of drug-likeness (QED) is 0.381. The molecular weight excluding hydrogens is 320 g/mol. The summed E-state index contributed by atoms with van der Waals surface area (Å²) in [5, 5.41) is 0.0741. The molecule has 0 N–H and O–H groups in total. The fraction of sp³-hybridized carbons (Fsp3) is 0.684. The van der Waals surface area contributed by atoms with E-state index in [1.165, 1.54) is 0 Å². The van der Waals surface area contributed by atoms with Gasteiger partial charge in [0.2, 0.25) is 8.32 Å². The Morgan fingerprint density at radius 3 is 2.50 bits per heavy atom. The third-order valence-electron chi connectivity index (χ3n) is 5.06. The highest BCUT2D eigenvalue weighted by atomic mass is 28.4. The van der Waals surface area contributed by atoms with Crippen molar-refractivity contribution in [3.8, 4) is 0 Å². The van der Waals surface area contributed by atoms with E-state index < -0.39 is 8.32 Å². The molecule has 0 aromatic heterocycles. The molecule has 0 aliphatic heterocycles. The van der Waals surface area contributed by atoms with Crippen molar-refractivity contribution in [2.24, 2.45) is 11.8 Å². The van der Waals surface area contributed by atoms with Gasteiger partial charge in [-0.2, -0.15) is 0 Å². The number of carbonyl (C=O) groups excluding carboxylic acids is 2. The molecule has 0 unspecified atom stereocenters. The van der Waals surface area contributed by atoms with Crippen LogP contribution in [0.5, 0.6) is 0 Å². The highest BCUT2D eigenvalue weighted by Crippen LogP contribution is 2.42. The van der Waals surface area contributed by atoms with Crippen LogP contribution in [0.3, 0.4) is 0 Å². The first-order valence-corrected chi connectivity index (χ1v) is 11.6. The third-order valence-corrected chi connectivity index (χ3v) is 9.42. The highest BCUT2D eigenvalue weighted by Gasteiger charge is 2.43. The van der Waals surface area contributed by atoms with Gasteiger partial charge in [-0.15, -0.1) is 6.58 Å². The van der Waals surface area contributed by atoms with Crippen molar-refractivity contribution in [1.82, 2.24) is 0 Å². The van der Waals surface area contributed by atoms with Crippen LogP contribution in [0.4, 0.5) is 0 Å². The summed E-state index contributed by atoms with van der Waals surface area (Å²) in [5.41, 5.74) is 0. The number of allylic oxidation sites excluding steroid dienone is 3. The highest BCUT2D eigenvalue weighted by molar-refractivity contribution is 6.74. The smallest absolute Gasteiger partial charge is 0.306 e. The maximum Gasteiger partial charge on any atom is 0.306 e. The first-order chi connectivity index (χ1) is 11.0. The fourth-order valence-corrected chi connectivity index (χ4v) is 3.74. The molecule has 1 aliphatic rings. The minimum Gasteiger partial charge on any atom is -0.546 e. The van der Waals surface area contributed by atoms with E-state index in [4.69, 9.17) is 9.16 Å². The molecule has 1 rings (SSSR count). The zero-order valence-corrected chi connectivity index (χ0v) is 17.0. The van der Waals surface area contributed by atoms with Crippen LogP contribution >= 0.6 is 0 Å².